The van der Waals surface area contributed by atoms with Gasteiger partial charge in [-0.1, -0.05) is 0 Å². The lowest BCUT2D eigenvalue weighted by Gasteiger charge is -2.08. The molecule has 5 heteroatoms. The maximum Gasteiger partial charge on any atom is 0.354 e. The Morgan fingerprint density at radius 3 is 2.71 bits per heavy atom. The fraction of sp³-hybridized carbons (Fsp3) is 0.167. The Balaban J connectivity index is 2.81. The molecule has 0 radical (unpaired) electrons. The van der Waals surface area contributed by atoms with Crippen LogP contribution in [0.25, 0.3) is 10.9 Å². The van der Waals surface area contributed by atoms with Gasteiger partial charge in [0.05, 0.1) is 12.6 Å². The fourth-order valence-corrected chi connectivity index (χ4v) is 1.72. The van der Waals surface area contributed by atoms with Crippen LogP contribution in [0.5, 0.6) is 5.75 Å². The van der Waals surface area contributed by atoms with E-state index in [1.54, 1.807) is 19.2 Å². The fourth-order valence-electron chi connectivity index (χ4n) is 1.72. The Morgan fingerprint density at radius 2 is 2.12 bits per heavy atom. The second-order valence-corrected chi connectivity index (χ2v) is 3.74. The lowest BCUT2D eigenvalue weighted by Crippen LogP contribution is -2.03. The van der Waals surface area contributed by atoms with Crippen LogP contribution in [0.3, 0.4) is 0 Å². The molecule has 1 aromatic heterocycles. The molecule has 1 aromatic carbocycles. The van der Waals surface area contributed by atoms with Crippen LogP contribution >= 0.6 is 0 Å². The number of nitrogens with two attached hydrogens (primary N) is 1. The van der Waals surface area contributed by atoms with Gasteiger partial charge >= 0.3 is 5.97 Å². The van der Waals surface area contributed by atoms with E-state index in [1.165, 1.54) is 6.07 Å². The second-order valence-electron chi connectivity index (χ2n) is 3.74. The first-order valence-electron chi connectivity index (χ1n) is 5.01. The number of pyridine rings is 1. The summed E-state index contributed by atoms with van der Waals surface area (Å²) in [5.41, 5.74) is 7.57. The molecule has 0 aliphatic rings. The standard InChI is InChI=1S/C12H12N2O3/c1-6-3-7(17-2)4-8-9(13)5-10(12(15)16)14-11(6)8/h3-5H,1-2H3,(H2,13,14)(H,15,16). The van der Waals surface area contributed by atoms with Crippen molar-refractivity contribution in [3.8, 4) is 5.75 Å². The minimum absolute atomic E-state index is 0.0525. The average Bonchev–Trinajstić information content (AvgIpc) is 2.29. The van der Waals surface area contributed by atoms with Crippen molar-refractivity contribution in [1.29, 1.82) is 0 Å². The van der Waals surface area contributed by atoms with Gasteiger partial charge in [-0.2, -0.15) is 0 Å². The normalized spacial score (nSPS) is 10.5. The van der Waals surface area contributed by atoms with Gasteiger partial charge in [0.2, 0.25) is 0 Å². The van der Waals surface area contributed by atoms with E-state index in [1.807, 2.05) is 6.92 Å². The van der Waals surface area contributed by atoms with Gasteiger partial charge in [-0.3, -0.25) is 0 Å². The molecule has 0 saturated carbocycles. The number of nitrogen functional groups attached to an aromatic ring is 1. The van der Waals surface area contributed by atoms with E-state index in [0.717, 1.165) is 5.56 Å². The quantitative estimate of drug-likeness (QED) is 0.825. The van der Waals surface area contributed by atoms with Gasteiger partial charge in [-0.25, -0.2) is 9.78 Å². The Morgan fingerprint density at radius 1 is 1.41 bits per heavy atom. The second kappa shape index (κ2) is 3.93. The molecule has 88 valence electrons. The van der Waals surface area contributed by atoms with Gasteiger partial charge in [0, 0.05) is 11.1 Å². The number of benzene rings is 1. The van der Waals surface area contributed by atoms with Gasteiger partial charge in [-0.05, 0) is 30.7 Å². The molecule has 0 atom stereocenters. The molecule has 5 nitrogen and oxygen atoms in total. The summed E-state index contributed by atoms with van der Waals surface area (Å²) in [7, 11) is 1.57. The van der Waals surface area contributed by atoms with Gasteiger partial charge in [0.1, 0.15) is 5.75 Å². The lowest BCUT2D eigenvalue weighted by atomic mass is 10.1. The predicted molar refractivity (Wildman–Crippen MR) is 64.4 cm³/mol. The number of fused-ring (bicyclic) bond motifs is 1. The van der Waals surface area contributed by atoms with Crippen LogP contribution in [-0.2, 0) is 0 Å². The summed E-state index contributed by atoms with van der Waals surface area (Å²) < 4.78 is 5.14. The zero-order valence-electron chi connectivity index (χ0n) is 9.52. The minimum atomic E-state index is -1.09. The van der Waals surface area contributed by atoms with Crippen LogP contribution in [0.15, 0.2) is 18.2 Å². The predicted octanol–water partition coefficient (Wildman–Crippen LogP) is 1.83. The molecule has 3 N–H and O–H groups in total. The molecular formula is C12H12N2O3. The Bertz CT molecular complexity index is 608. The minimum Gasteiger partial charge on any atom is -0.497 e. The number of nitrogens with zero attached hydrogens (tertiary/aromatic N) is 1. The van der Waals surface area contributed by atoms with E-state index in [9.17, 15) is 4.79 Å². The maximum atomic E-state index is 10.9. The summed E-state index contributed by atoms with van der Waals surface area (Å²) in [4.78, 5) is 15.0. The van der Waals surface area contributed by atoms with Crippen molar-refractivity contribution in [3.05, 3.63) is 29.5 Å². The van der Waals surface area contributed by atoms with Crippen molar-refractivity contribution in [3.63, 3.8) is 0 Å². The molecule has 0 spiro atoms. The highest BCUT2D eigenvalue weighted by molar-refractivity contribution is 5.98. The molecule has 0 saturated heterocycles. The van der Waals surface area contributed by atoms with Crippen LogP contribution in [-0.4, -0.2) is 23.2 Å². The number of ether oxygens (including phenoxy) is 1. The summed E-state index contributed by atoms with van der Waals surface area (Å²) in [6, 6.07) is 4.89. The van der Waals surface area contributed by atoms with Gasteiger partial charge < -0.3 is 15.6 Å². The summed E-state index contributed by atoms with van der Waals surface area (Å²) in [6.45, 7) is 1.84. The molecule has 2 rings (SSSR count). The van der Waals surface area contributed by atoms with Crippen LogP contribution in [0.2, 0.25) is 0 Å². The number of hydrogen-bond acceptors (Lipinski definition) is 4. The number of carboxylic acids is 1. The number of aryl methyl sites for hydroxylation is 1. The summed E-state index contributed by atoms with van der Waals surface area (Å²) in [6.07, 6.45) is 0. The van der Waals surface area contributed by atoms with E-state index in [2.05, 4.69) is 4.98 Å². The van der Waals surface area contributed by atoms with Gasteiger partial charge in [-0.15, -0.1) is 0 Å². The third-order valence-corrected chi connectivity index (χ3v) is 2.56. The SMILES string of the molecule is COc1cc(C)c2nc(C(=O)O)cc(N)c2c1. The van der Waals surface area contributed by atoms with Crippen molar-refractivity contribution < 1.29 is 14.6 Å². The number of rotatable bonds is 2. The van der Waals surface area contributed by atoms with E-state index < -0.39 is 5.97 Å². The average molecular weight is 232 g/mol. The zero-order chi connectivity index (χ0) is 12.6. The van der Waals surface area contributed by atoms with E-state index in [4.69, 9.17) is 15.6 Å². The first-order valence-corrected chi connectivity index (χ1v) is 5.01. The Hall–Kier alpha value is -2.30. The number of carboxylic acid groups (broad SMARTS) is 1. The van der Waals surface area contributed by atoms with Crippen molar-refractivity contribution in [2.24, 2.45) is 0 Å². The molecular weight excluding hydrogens is 220 g/mol. The number of methoxy groups -OCH3 is 1. The van der Waals surface area contributed by atoms with Crippen molar-refractivity contribution >= 4 is 22.6 Å². The highest BCUT2D eigenvalue weighted by atomic mass is 16.5. The van der Waals surface area contributed by atoms with Crippen LogP contribution in [0.1, 0.15) is 16.1 Å². The Labute approximate surface area is 97.8 Å². The van der Waals surface area contributed by atoms with Crippen LogP contribution < -0.4 is 10.5 Å². The summed E-state index contributed by atoms with van der Waals surface area (Å²) in [5, 5.41) is 9.62. The number of hydrogen-bond donors (Lipinski definition) is 2. The number of carbonyl (C=O) groups is 1. The van der Waals surface area contributed by atoms with Crippen LogP contribution in [0.4, 0.5) is 5.69 Å². The molecule has 0 fully saturated rings. The maximum absolute atomic E-state index is 10.9. The first kappa shape index (κ1) is 11.2. The molecule has 0 bridgehead atoms. The third kappa shape index (κ3) is 1.87. The lowest BCUT2D eigenvalue weighted by molar-refractivity contribution is 0.0691. The number of aromatic carboxylic acids is 1. The molecule has 2 aromatic rings. The molecule has 0 aliphatic carbocycles. The highest BCUT2D eigenvalue weighted by Gasteiger charge is 2.11. The smallest absolute Gasteiger partial charge is 0.354 e. The largest absolute Gasteiger partial charge is 0.497 e. The van der Waals surface area contributed by atoms with Crippen molar-refractivity contribution in [1.82, 2.24) is 4.98 Å². The summed E-state index contributed by atoms with van der Waals surface area (Å²) in [5.74, 6) is -0.416. The van der Waals surface area contributed by atoms with Crippen LogP contribution in [0, 0.1) is 6.92 Å². The van der Waals surface area contributed by atoms with Gasteiger partial charge in [0.15, 0.2) is 5.69 Å². The third-order valence-electron chi connectivity index (χ3n) is 2.56. The Kier molecular flexibility index (Phi) is 2.59. The van der Waals surface area contributed by atoms with Crippen molar-refractivity contribution in [2.45, 2.75) is 6.92 Å². The first-order chi connectivity index (χ1) is 8.02. The number of aromatic nitrogens is 1. The molecule has 0 amide bonds. The highest BCUT2D eigenvalue weighted by Crippen LogP contribution is 2.28. The molecule has 1 heterocycles. The molecule has 17 heavy (non-hydrogen) atoms. The van der Waals surface area contributed by atoms with E-state index in [-0.39, 0.29) is 5.69 Å². The van der Waals surface area contributed by atoms with E-state index in [0.29, 0.717) is 22.3 Å². The summed E-state index contributed by atoms with van der Waals surface area (Å²) >= 11 is 0. The molecule has 0 unspecified atom stereocenters. The topological polar surface area (TPSA) is 85.4 Å². The number of anilines is 1. The molecule has 0 aliphatic heterocycles. The van der Waals surface area contributed by atoms with E-state index >= 15 is 0 Å². The monoisotopic (exact) mass is 232 g/mol. The van der Waals surface area contributed by atoms with Crippen molar-refractivity contribution in [2.75, 3.05) is 12.8 Å². The van der Waals surface area contributed by atoms with Gasteiger partial charge in [0.25, 0.3) is 0 Å². The zero-order valence-corrected chi connectivity index (χ0v) is 9.52.